The molecule has 7 nitrogen and oxygen atoms in total. The van der Waals surface area contributed by atoms with Crippen molar-refractivity contribution in [1.29, 1.82) is 0 Å². The largest absolute Gasteiger partial charge is 0.497 e. The average Bonchev–Trinajstić information content (AvgIpc) is 3.92. The summed E-state index contributed by atoms with van der Waals surface area (Å²) < 4.78 is 53.6. The van der Waals surface area contributed by atoms with Crippen LogP contribution in [-0.4, -0.2) is 43.0 Å². The van der Waals surface area contributed by atoms with E-state index < -0.39 is 23.8 Å². The summed E-state index contributed by atoms with van der Waals surface area (Å²) >= 11 is 7.07. The molecule has 11 heteroatoms. The van der Waals surface area contributed by atoms with Crippen LogP contribution in [0.4, 0.5) is 13.2 Å². The number of halogens is 4. The number of ether oxygens (including phenoxy) is 2. The Morgan fingerprint density at radius 1 is 1.12 bits per heavy atom. The molecule has 3 unspecified atom stereocenters. The number of fused-ring (bicyclic) bond motifs is 3. The van der Waals surface area contributed by atoms with Crippen LogP contribution in [0.2, 0.25) is 0 Å². The Kier molecular flexibility index (Phi) is 13.3. The standard InChI is InChI=1S/C45H48ClF3N2O5/c1-4-30-13-14-31(34(16-11-27(2)53)35-9-5-6-10-36(35)42(30)46)21-29-12-17-37-40(22-29)44(55-20-8-7-19-50-26-52)39-23-32(39)25-51-43(37)38-18-15-33(45(47,48)49)24-41(38)56-28(3)54/h12-13,15,17-18,22,24-27,31-32,39,53H,4-10,14,19-21,23H2,1-3H3,(H,50,52)/b30-13?,35-34-,42-36?,43-37+,44-40+,51-25?/t27-,31?,32?,39?/m1/s1. The first kappa shape index (κ1) is 41.1. The number of esters is 1. The Bertz CT molecular complexity index is 2170. The third-order valence-electron chi connectivity index (χ3n) is 10.7. The molecule has 1 aliphatic heterocycles. The zero-order valence-corrected chi connectivity index (χ0v) is 32.8. The molecule has 4 atom stereocenters. The molecular formula is C45H48ClF3N2O5. The van der Waals surface area contributed by atoms with E-state index >= 15 is 0 Å². The van der Waals surface area contributed by atoms with Crippen molar-refractivity contribution in [3.63, 3.8) is 0 Å². The number of alkyl halides is 3. The highest BCUT2D eigenvalue weighted by molar-refractivity contribution is 6.32. The van der Waals surface area contributed by atoms with Crippen molar-refractivity contribution in [3.8, 4) is 17.6 Å². The number of carbonyl (C=O) groups is 2. The van der Waals surface area contributed by atoms with Gasteiger partial charge in [-0.25, -0.2) is 0 Å². The van der Waals surface area contributed by atoms with Gasteiger partial charge in [0.25, 0.3) is 0 Å². The van der Waals surface area contributed by atoms with Crippen LogP contribution in [0.3, 0.4) is 0 Å². The van der Waals surface area contributed by atoms with E-state index in [0.29, 0.717) is 49.7 Å². The number of rotatable bonds is 12. The van der Waals surface area contributed by atoms with Gasteiger partial charge in [-0.3, -0.25) is 14.6 Å². The third-order valence-corrected chi connectivity index (χ3v) is 11.2. The van der Waals surface area contributed by atoms with Gasteiger partial charge in [-0.2, -0.15) is 13.2 Å². The normalized spacial score (nSPS) is 24.4. The molecule has 0 saturated heterocycles. The maximum atomic E-state index is 13.9. The monoisotopic (exact) mass is 788 g/mol. The van der Waals surface area contributed by atoms with Crippen LogP contribution in [0.15, 0.2) is 74.8 Å². The van der Waals surface area contributed by atoms with Gasteiger partial charge in [-0.05, 0) is 124 Å². The molecule has 4 aliphatic rings. The SMILES string of the molecule is CCC1=CCC(Cc2ccc3/c(c2)=C(/OCCCCNC=O)C2CC2C=N/C=3c2ccc(C(F)(F)F)cc2OC(C)=O)/C(C#C[C@@H](C)O)=C2/CCCCC2=C1Cl. The molecule has 3 aliphatic carbocycles. The number of nitrogens with one attached hydrogen (secondary N) is 1. The van der Waals surface area contributed by atoms with Gasteiger partial charge in [0.1, 0.15) is 17.6 Å². The molecular weight excluding hydrogens is 741 g/mol. The zero-order valence-electron chi connectivity index (χ0n) is 32.0. The quantitative estimate of drug-likeness (QED) is 0.0753. The Balaban J connectivity index is 1.54. The summed E-state index contributed by atoms with van der Waals surface area (Å²) in [6.45, 7) is 5.86. The van der Waals surface area contributed by atoms with E-state index in [9.17, 15) is 27.9 Å². The number of benzene rings is 2. The third kappa shape index (κ3) is 9.67. The number of nitrogens with zero attached hydrogens (tertiary/aromatic N) is 1. The molecule has 2 N–H and O–H groups in total. The van der Waals surface area contributed by atoms with Crippen molar-refractivity contribution >= 4 is 41.7 Å². The highest BCUT2D eigenvalue weighted by Gasteiger charge is 2.41. The Morgan fingerprint density at radius 3 is 2.62 bits per heavy atom. The molecule has 1 heterocycles. The molecule has 1 amide bonds. The van der Waals surface area contributed by atoms with Gasteiger partial charge in [0.05, 0.1) is 17.9 Å². The molecule has 0 spiro atoms. The first-order chi connectivity index (χ1) is 26.9. The van der Waals surface area contributed by atoms with Gasteiger partial charge in [0.2, 0.25) is 6.41 Å². The van der Waals surface area contributed by atoms with Crippen molar-refractivity contribution < 1.29 is 37.3 Å². The number of aliphatic hydroxyl groups is 1. The first-order valence-corrected chi connectivity index (χ1v) is 19.9. The molecule has 2 aromatic carbocycles. The summed E-state index contributed by atoms with van der Waals surface area (Å²) in [5.74, 6) is 6.30. The molecule has 0 radical (unpaired) electrons. The second-order valence-electron chi connectivity index (χ2n) is 14.9. The fourth-order valence-electron chi connectivity index (χ4n) is 7.86. The number of aliphatic hydroxyl groups excluding tert-OH is 1. The van der Waals surface area contributed by atoms with E-state index in [1.54, 1.807) is 6.92 Å². The second-order valence-corrected chi connectivity index (χ2v) is 15.2. The Hall–Kier alpha value is -4.59. The lowest BCUT2D eigenvalue weighted by Gasteiger charge is -2.29. The molecule has 2 aromatic rings. The average molecular weight is 789 g/mol. The lowest BCUT2D eigenvalue weighted by Crippen LogP contribution is -2.33. The number of amides is 1. The summed E-state index contributed by atoms with van der Waals surface area (Å²) in [7, 11) is 0. The van der Waals surface area contributed by atoms with Crippen molar-refractivity contribution in [2.24, 2.45) is 22.7 Å². The first-order valence-electron chi connectivity index (χ1n) is 19.5. The summed E-state index contributed by atoms with van der Waals surface area (Å²) in [6, 6.07) is 9.17. The lowest BCUT2D eigenvalue weighted by atomic mass is 9.77. The predicted octanol–water partition coefficient (Wildman–Crippen LogP) is 7.81. The summed E-state index contributed by atoms with van der Waals surface area (Å²) in [5, 5.41) is 15.2. The van der Waals surface area contributed by atoms with Gasteiger partial charge >= 0.3 is 12.1 Å². The molecule has 6 rings (SSSR count). The summed E-state index contributed by atoms with van der Waals surface area (Å²) in [6.07, 6.45) is 7.40. The van der Waals surface area contributed by atoms with Crippen LogP contribution >= 0.6 is 11.6 Å². The van der Waals surface area contributed by atoms with Gasteiger partial charge in [-0.1, -0.05) is 48.6 Å². The fourth-order valence-corrected chi connectivity index (χ4v) is 8.28. The minimum Gasteiger partial charge on any atom is -0.497 e. The van der Waals surface area contributed by atoms with E-state index in [2.05, 4.69) is 36.2 Å². The minimum absolute atomic E-state index is 0.0161. The highest BCUT2D eigenvalue weighted by Crippen LogP contribution is 2.45. The number of allylic oxidation sites excluding steroid dienone is 6. The number of hydrogen-bond acceptors (Lipinski definition) is 6. The molecule has 0 aromatic heterocycles. The van der Waals surface area contributed by atoms with Crippen molar-refractivity contribution in [3.05, 3.63) is 96.9 Å². The number of hydrogen-bond donors (Lipinski definition) is 2. The van der Waals surface area contributed by atoms with Crippen LogP contribution in [0, 0.1) is 29.6 Å². The van der Waals surface area contributed by atoms with Gasteiger partial charge in [-0.15, -0.1) is 0 Å². The van der Waals surface area contributed by atoms with Crippen molar-refractivity contribution in [2.75, 3.05) is 13.2 Å². The van der Waals surface area contributed by atoms with Gasteiger partial charge in [0, 0.05) is 58.1 Å². The summed E-state index contributed by atoms with van der Waals surface area (Å²) in [4.78, 5) is 27.8. The van der Waals surface area contributed by atoms with Crippen LogP contribution in [0.25, 0.3) is 11.5 Å². The zero-order chi connectivity index (χ0) is 40.0. The second kappa shape index (κ2) is 18.1. The molecule has 56 heavy (non-hydrogen) atoms. The van der Waals surface area contributed by atoms with E-state index in [4.69, 9.17) is 26.1 Å². The van der Waals surface area contributed by atoms with Gasteiger partial charge in [0.15, 0.2) is 0 Å². The Labute approximate surface area is 331 Å². The number of unbranched alkanes of at least 4 members (excludes halogenated alkanes) is 1. The summed E-state index contributed by atoms with van der Waals surface area (Å²) in [5.41, 5.74) is 5.14. The molecule has 2 fully saturated rings. The number of carbonyl (C=O) groups excluding carboxylic acids is 2. The molecule has 296 valence electrons. The minimum atomic E-state index is -4.65. The van der Waals surface area contributed by atoms with Crippen molar-refractivity contribution in [1.82, 2.24) is 5.32 Å². The highest BCUT2D eigenvalue weighted by atomic mass is 35.5. The fraction of sp³-hybridized carbons (Fsp3) is 0.444. The van der Waals surface area contributed by atoms with Crippen LogP contribution in [-0.2, 0) is 26.9 Å². The lowest BCUT2D eigenvalue weighted by molar-refractivity contribution is -0.138. The van der Waals surface area contributed by atoms with Crippen LogP contribution in [0.1, 0.15) is 95.2 Å². The molecule has 0 bridgehead atoms. The smallest absolute Gasteiger partial charge is 0.416 e. The van der Waals surface area contributed by atoms with Gasteiger partial charge < -0.3 is 19.9 Å². The van der Waals surface area contributed by atoms with Crippen LogP contribution < -0.4 is 20.5 Å². The van der Waals surface area contributed by atoms with E-state index in [1.807, 2.05) is 18.3 Å². The molecule has 2 saturated carbocycles. The van der Waals surface area contributed by atoms with E-state index in [1.165, 1.54) is 11.6 Å². The van der Waals surface area contributed by atoms with Crippen molar-refractivity contribution in [2.45, 2.75) is 97.3 Å². The predicted molar refractivity (Wildman–Crippen MR) is 212 cm³/mol. The van der Waals surface area contributed by atoms with Crippen LogP contribution in [0.5, 0.6) is 5.75 Å². The maximum absolute atomic E-state index is 13.9. The topological polar surface area (TPSA) is 97.2 Å². The maximum Gasteiger partial charge on any atom is 0.416 e. The van der Waals surface area contributed by atoms with E-state index in [0.717, 1.165) is 102 Å². The van der Waals surface area contributed by atoms with E-state index in [-0.39, 0.29) is 29.1 Å². The number of aliphatic imine (C=N–C) groups is 1. The Morgan fingerprint density at radius 2 is 1.91 bits per heavy atom.